The Labute approximate surface area is 126 Å². The van der Waals surface area contributed by atoms with E-state index in [0.29, 0.717) is 5.75 Å². The molecule has 0 N–H and O–H groups in total. The Balaban J connectivity index is 2.08. The molecule has 20 heavy (non-hydrogen) atoms. The van der Waals surface area contributed by atoms with Crippen LogP contribution in [0.15, 0.2) is 22.7 Å². The zero-order valence-corrected chi connectivity index (χ0v) is 13.6. The van der Waals surface area contributed by atoms with Crippen molar-refractivity contribution in [3.63, 3.8) is 0 Å². The minimum atomic E-state index is -0.167. The molecule has 0 spiro atoms. The predicted molar refractivity (Wildman–Crippen MR) is 81.4 cm³/mol. The number of nitrogens with zero attached hydrogens (tertiary/aromatic N) is 2. The number of aryl methyl sites for hydroxylation is 2. The second-order valence-corrected chi connectivity index (χ2v) is 5.66. The molecule has 0 aliphatic carbocycles. The number of benzene rings is 1. The van der Waals surface area contributed by atoms with Gasteiger partial charge in [-0.25, -0.2) is 4.68 Å². The van der Waals surface area contributed by atoms with E-state index in [1.807, 2.05) is 45.9 Å². The third kappa shape index (κ3) is 2.93. The van der Waals surface area contributed by atoms with E-state index in [9.17, 15) is 4.79 Å². The summed E-state index contributed by atoms with van der Waals surface area (Å²) in [4.78, 5) is 12.1. The highest BCUT2D eigenvalue weighted by atomic mass is 79.9. The second kappa shape index (κ2) is 5.79. The van der Waals surface area contributed by atoms with Crippen LogP contribution in [-0.4, -0.2) is 22.3 Å². The highest BCUT2D eigenvalue weighted by molar-refractivity contribution is 9.10. The number of carbonyl (C=O) groups is 1. The average Bonchev–Trinajstić information content (AvgIpc) is 2.67. The molecule has 0 amide bonds. The fraction of sp³-hybridized carbons (Fsp3) is 0.333. The lowest BCUT2D eigenvalue weighted by molar-refractivity contribution is 0.0818. The van der Waals surface area contributed by atoms with Gasteiger partial charge in [0.1, 0.15) is 5.75 Å². The molecular weight excluding hydrogens is 320 g/mol. The topological polar surface area (TPSA) is 44.1 Å². The summed E-state index contributed by atoms with van der Waals surface area (Å²) in [6, 6.07) is 5.63. The van der Waals surface area contributed by atoms with Gasteiger partial charge in [0.05, 0.1) is 5.69 Å². The highest BCUT2D eigenvalue weighted by Crippen LogP contribution is 2.21. The van der Waals surface area contributed by atoms with E-state index in [4.69, 9.17) is 4.74 Å². The summed E-state index contributed by atoms with van der Waals surface area (Å²) in [5, 5.41) is 4.23. The Kier molecular flexibility index (Phi) is 4.28. The molecule has 0 saturated heterocycles. The number of hydrogen-bond acceptors (Lipinski definition) is 3. The first kappa shape index (κ1) is 14.8. The molecule has 1 heterocycles. The van der Waals surface area contributed by atoms with Crippen molar-refractivity contribution in [3.8, 4) is 5.75 Å². The van der Waals surface area contributed by atoms with Crippen LogP contribution < -0.4 is 4.74 Å². The van der Waals surface area contributed by atoms with Crippen LogP contribution >= 0.6 is 15.9 Å². The number of carbonyl (C=O) groups excluding carboxylic acids is 1. The molecule has 0 atom stereocenters. The summed E-state index contributed by atoms with van der Waals surface area (Å²) in [7, 11) is 0. The van der Waals surface area contributed by atoms with Crippen molar-refractivity contribution >= 4 is 21.8 Å². The maximum Gasteiger partial charge on any atom is 0.284 e. The van der Waals surface area contributed by atoms with Crippen LogP contribution in [-0.2, 0) is 0 Å². The van der Waals surface area contributed by atoms with Gasteiger partial charge in [0.25, 0.3) is 5.91 Å². The Morgan fingerprint density at radius 2 is 2.00 bits per heavy atom. The van der Waals surface area contributed by atoms with Gasteiger partial charge in [-0.3, -0.25) is 4.79 Å². The zero-order chi connectivity index (χ0) is 14.9. The average molecular weight is 337 g/mol. The van der Waals surface area contributed by atoms with Gasteiger partial charge >= 0.3 is 0 Å². The molecule has 0 unspecified atom stereocenters. The summed E-state index contributed by atoms with van der Waals surface area (Å²) in [5.74, 6) is 0.511. The van der Waals surface area contributed by atoms with Crippen molar-refractivity contribution < 1.29 is 9.53 Å². The molecule has 4 nitrogen and oxygen atoms in total. The Morgan fingerprint density at radius 1 is 1.30 bits per heavy atom. The van der Waals surface area contributed by atoms with Gasteiger partial charge in [0, 0.05) is 10.2 Å². The fourth-order valence-electron chi connectivity index (χ4n) is 1.88. The van der Waals surface area contributed by atoms with Gasteiger partial charge in [-0.1, -0.05) is 15.9 Å². The Bertz CT molecular complexity index is 662. The molecular formula is C15H17BrN2O2. The molecule has 2 rings (SSSR count). The molecule has 106 valence electrons. The minimum Gasteiger partial charge on any atom is -0.484 e. The highest BCUT2D eigenvalue weighted by Gasteiger charge is 2.14. The number of halogens is 1. The van der Waals surface area contributed by atoms with E-state index in [1.54, 1.807) is 0 Å². The lowest BCUT2D eigenvalue weighted by Gasteiger charge is -2.08. The molecule has 0 bridgehead atoms. The second-order valence-electron chi connectivity index (χ2n) is 4.80. The third-order valence-electron chi connectivity index (χ3n) is 3.38. The van der Waals surface area contributed by atoms with Crippen molar-refractivity contribution in [1.29, 1.82) is 0 Å². The maximum atomic E-state index is 12.1. The molecule has 1 aromatic carbocycles. The van der Waals surface area contributed by atoms with Crippen molar-refractivity contribution in [3.05, 3.63) is 45.2 Å². The van der Waals surface area contributed by atoms with E-state index in [0.717, 1.165) is 27.0 Å². The van der Waals surface area contributed by atoms with E-state index in [1.165, 1.54) is 4.68 Å². The first-order valence-electron chi connectivity index (χ1n) is 6.35. The van der Waals surface area contributed by atoms with Crippen molar-refractivity contribution in [1.82, 2.24) is 9.78 Å². The predicted octanol–water partition coefficient (Wildman–Crippen LogP) is 3.60. The standard InChI is InChI=1S/C15H17BrN2O2/c1-9-7-13(5-6-14(9)16)20-8-15(19)18-12(4)10(2)11(3)17-18/h5-7H,8H2,1-4H3. The number of aromatic nitrogens is 2. The monoisotopic (exact) mass is 336 g/mol. The van der Waals surface area contributed by atoms with Crippen LogP contribution in [0.1, 0.15) is 27.3 Å². The Morgan fingerprint density at radius 3 is 2.55 bits per heavy atom. The van der Waals surface area contributed by atoms with Gasteiger partial charge in [-0.15, -0.1) is 0 Å². The molecule has 1 aromatic heterocycles. The summed E-state index contributed by atoms with van der Waals surface area (Å²) in [6.45, 7) is 7.69. The number of rotatable bonds is 3. The minimum absolute atomic E-state index is 0.0253. The summed E-state index contributed by atoms with van der Waals surface area (Å²) >= 11 is 3.43. The fourth-order valence-corrected chi connectivity index (χ4v) is 2.12. The molecule has 0 aliphatic heterocycles. The van der Waals surface area contributed by atoms with Gasteiger partial charge in [-0.2, -0.15) is 5.10 Å². The van der Waals surface area contributed by atoms with E-state index in [-0.39, 0.29) is 12.5 Å². The number of hydrogen-bond donors (Lipinski definition) is 0. The van der Waals surface area contributed by atoms with Crippen molar-refractivity contribution in [2.45, 2.75) is 27.7 Å². The van der Waals surface area contributed by atoms with E-state index >= 15 is 0 Å². The lowest BCUT2D eigenvalue weighted by atomic mass is 10.2. The normalized spacial score (nSPS) is 10.7. The van der Waals surface area contributed by atoms with Crippen LogP contribution in [0.25, 0.3) is 0 Å². The van der Waals surface area contributed by atoms with Crippen LogP contribution in [0.3, 0.4) is 0 Å². The van der Waals surface area contributed by atoms with Crippen LogP contribution in [0.4, 0.5) is 0 Å². The van der Waals surface area contributed by atoms with Crippen LogP contribution in [0, 0.1) is 27.7 Å². The Hall–Kier alpha value is -1.62. The van der Waals surface area contributed by atoms with Crippen molar-refractivity contribution in [2.24, 2.45) is 0 Å². The first-order chi connectivity index (χ1) is 9.40. The quantitative estimate of drug-likeness (QED) is 0.860. The zero-order valence-electron chi connectivity index (χ0n) is 12.0. The third-order valence-corrected chi connectivity index (χ3v) is 4.27. The summed E-state index contributed by atoms with van der Waals surface area (Å²) in [5.41, 5.74) is 3.84. The van der Waals surface area contributed by atoms with Gasteiger partial charge in [0.15, 0.2) is 6.61 Å². The lowest BCUT2D eigenvalue weighted by Crippen LogP contribution is -2.21. The largest absolute Gasteiger partial charge is 0.484 e. The van der Waals surface area contributed by atoms with Gasteiger partial charge in [0.2, 0.25) is 0 Å². The molecule has 5 heteroatoms. The molecule has 0 fully saturated rings. The molecule has 0 radical (unpaired) electrons. The molecule has 0 aliphatic rings. The maximum absolute atomic E-state index is 12.1. The van der Waals surface area contributed by atoms with E-state index < -0.39 is 0 Å². The summed E-state index contributed by atoms with van der Waals surface area (Å²) < 4.78 is 7.96. The van der Waals surface area contributed by atoms with Crippen molar-refractivity contribution in [2.75, 3.05) is 6.61 Å². The molecule has 0 saturated carbocycles. The van der Waals surface area contributed by atoms with Gasteiger partial charge < -0.3 is 4.74 Å². The number of ether oxygens (including phenoxy) is 1. The SMILES string of the molecule is Cc1cc(OCC(=O)n2nc(C)c(C)c2C)ccc1Br. The van der Waals surface area contributed by atoms with E-state index in [2.05, 4.69) is 21.0 Å². The van der Waals surface area contributed by atoms with Crippen LogP contribution in [0.2, 0.25) is 0 Å². The summed E-state index contributed by atoms with van der Waals surface area (Å²) in [6.07, 6.45) is 0. The van der Waals surface area contributed by atoms with Gasteiger partial charge in [-0.05, 0) is 57.0 Å². The first-order valence-corrected chi connectivity index (χ1v) is 7.14. The van der Waals surface area contributed by atoms with Crippen LogP contribution in [0.5, 0.6) is 5.75 Å². The smallest absolute Gasteiger partial charge is 0.284 e. The molecule has 2 aromatic rings.